The topological polar surface area (TPSA) is 104 Å². The molecule has 0 aliphatic rings. The maximum Gasteiger partial charge on any atom is 0.350 e. The lowest BCUT2D eigenvalue weighted by Crippen LogP contribution is -2.31. The lowest BCUT2D eigenvalue weighted by Gasteiger charge is -2.16. The van der Waals surface area contributed by atoms with Crippen molar-refractivity contribution < 1.29 is 14.3 Å². The number of hydrogen-bond donors (Lipinski definition) is 2. The second-order valence-electron chi connectivity index (χ2n) is 7.69. The summed E-state index contributed by atoms with van der Waals surface area (Å²) in [6.45, 7) is 2.29. The molecule has 2 aromatic carbocycles. The molecule has 2 N–H and O–H groups in total. The summed E-state index contributed by atoms with van der Waals surface area (Å²) in [4.78, 5) is 47.7. The van der Waals surface area contributed by atoms with E-state index < -0.39 is 5.97 Å². The molecule has 2 aromatic heterocycles. The van der Waals surface area contributed by atoms with Crippen LogP contribution in [0.2, 0.25) is 0 Å². The van der Waals surface area contributed by atoms with Crippen LogP contribution < -0.4 is 10.9 Å². The number of para-hydroxylation sites is 1. The molecule has 174 valence electrons. The Bertz CT molecular complexity index is 1380. The van der Waals surface area contributed by atoms with Gasteiger partial charge in [0.15, 0.2) is 0 Å². The van der Waals surface area contributed by atoms with E-state index in [4.69, 9.17) is 4.74 Å². The number of amides is 1. The maximum absolute atomic E-state index is 12.8. The first-order chi connectivity index (χ1) is 16.4. The number of likely N-dealkylation sites (N-methyl/N-ethyl adjacent to an activating group) is 1. The SMILES string of the molecule is CCOC(=O)c1sc(-c2ccccc2)cc1NC(=O)CN(C)Cc1nc2ccccc2c(=O)[nH]1. The number of esters is 1. The molecule has 34 heavy (non-hydrogen) atoms. The molecule has 8 nitrogen and oxygen atoms in total. The van der Waals surface area contributed by atoms with Crippen molar-refractivity contribution in [1.82, 2.24) is 14.9 Å². The highest BCUT2D eigenvalue weighted by atomic mass is 32.1. The van der Waals surface area contributed by atoms with Crippen LogP contribution in [0.1, 0.15) is 22.4 Å². The highest BCUT2D eigenvalue weighted by molar-refractivity contribution is 7.18. The van der Waals surface area contributed by atoms with Crippen molar-refractivity contribution in [2.75, 3.05) is 25.5 Å². The summed E-state index contributed by atoms with van der Waals surface area (Å²) in [5.41, 5.74) is 1.74. The number of benzene rings is 2. The van der Waals surface area contributed by atoms with Gasteiger partial charge in [0.25, 0.3) is 5.56 Å². The number of aromatic amines is 1. The first-order valence-electron chi connectivity index (χ1n) is 10.8. The normalized spacial score (nSPS) is 11.0. The van der Waals surface area contributed by atoms with Gasteiger partial charge in [0.05, 0.1) is 36.3 Å². The van der Waals surface area contributed by atoms with Crippen molar-refractivity contribution in [1.29, 1.82) is 0 Å². The fourth-order valence-corrected chi connectivity index (χ4v) is 4.55. The third-order valence-electron chi connectivity index (χ3n) is 5.02. The van der Waals surface area contributed by atoms with E-state index >= 15 is 0 Å². The van der Waals surface area contributed by atoms with Crippen molar-refractivity contribution in [3.8, 4) is 10.4 Å². The molecule has 0 unspecified atom stereocenters. The summed E-state index contributed by atoms with van der Waals surface area (Å²) in [6.07, 6.45) is 0. The molecule has 0 saturated carbocycles. The van der Waals surface area contributed by atoms with Crippen molar-refractivity contribution in [3.63, 3.8) is 0 Å². The van der Waals surface area contributed by atoms with Crippen molar-refractivity contribution in [3.05, 3.63) is 81.7 Å². The average Bonchev–Trinajstić information content (AvgIpc) is 3.23. The van der Waals surface area contributed by atoms with Gasteiger partial charge < -0.3 is 15.0 Å². The van der Waals surface area contributed by atoms with Crippen LogP contribution in [0.15, 0.2) is 65.5 Å². The molecule has 0 aliphatic heterocycles. The molecular formula is C25H24N4O4S. The number of nitrogens with one attached hydrogen (secondary N) is 2. The zero-order chi connectivity index (χ0) is 24.1. The van der Waals surface area contributed by atoms with E-state index in [2.05, 4.69) is 15.3 Å². The molecule has 0 saturated heterocycles. The minimum Gasteiger partial charge on any atom is -0.462 e. The van der Waals surface area contributed by atoms with Crippen molar-refractivity contribution >= 4 is 39.8 Å². The van der Waals surface area contributed by atoms with Crippen LogP contribution in [-0.2, 0) is 16.1 Å². The minimum absolute atomic E-state index is 0.0370. The predicted octanol–water partition coefficient (Wildman–Crippen LogP) is 3.90. The number of H-pyrrole nitrogens is 1. The third-order valence-corrected chi connectivity index (χ3v) is 6.18. The van der Waals surface area contributed by atoms with E-state index in [0.717, 1.165) is 10.4 Å². The predicted molar refractivity (Wildman–Crippen MR) is 133 cm³/mol. The fraction of sp³-hybridized carbons (Fsp3) is 0.200. The number of thiophene rings is 1. The first-order valence-corrected chi connectivity index (χ1v) is 11.6. The highest BCUT2D eigenvalue weighted by Crippen LogP contribution is 2.35. The summed E-state index contributed by atoms with van der Waals surface area (Å²) in [5.74, 6) is -0.307. The number of hydrogen-bond acceptors (Lipinski definition) is 7. The Kier molecular flexibility index (Phi) is 7.15. The molecule has 4 rings (SSSR count). The first kappa shape index (κ1) is 23.3. The van der Waals surface area contributed by atoms with Gasteiger partial charge in [-0.25, -0.2) is 9.78 Å². The summed E-state index contributed by atoms with van der Waals surface area (Å²) in [6, 6.07) is 18.5. The second-order valence-corrected chi connectivity index (χ2v) is 8.74. The number of carbonyl (C=O) groups is 2. The van der Waals surface area contributed by atoms with E-state index in [1.807, 2.05) is 36.4 Å². The molecular weight excluding hydrogens is 452 g/mol. The molecule has 0 bridgehead atoms. The third kappa shape index (κ3) is 5.38. The van der Waals surface area contributed by atoms with Gasteiger partial charge in [-0.3, -0.25) is 14.5 Å². The fourth-order valence-electron chi connectivity index (χ4n) is 3.53. The molecule has 0 spiro atoms. The van der Waals surface area contributed by atoms with E-state index in [-0.39, 0.29) is 31.2 Å². The highest BCUT2D eigenvalue weighted by Gasteiger charge is 2.20. The van der Waals surface area contributed by atoms with Crippen LogP contribution in [0.5, 0.6) is 0 Å². The lowest BCUT2D eigenvalue weighted by molar-refractivity contribution is -0.117. The number of carbonyl (C=O) groups excluding carboxylic acids is 2. The standard InChI is InChI=1S/C25H24N4O4S/c1-3-33-25(32)23-19(13-20(34-23)16-9-5-4-6-10-16)27-22(30)15-29(2)14-21-26-18-12-8-7-11-17(18)24(31)28-21/h4-13H,3,14-15H2,1-2H3,(H,27,30)(H,26,28,31). The van der Waals surface area contributed by atoms with Gasteiger partial charge in [-0.05, 0) is 37.7 Å². The Balaban J connectivity index is 1.48. The Hall–Kier alpha value is -3.82. The summed E-state index contributed by atoms with van der Waals surface area (Å²) in [7, 11) is 1.75. The number of rotatable bonds is 8. The Morgan fingerprint density at radius 3 is 2.62 bits per heavy atom. The summed E-state index contributed by atoms with van der Waals surface area (Å²) in [5, 5.41) is 3.35. The van der Waals surface area contributed by atoms with Crippen LogP contribution in [0.4, 0.5) is 5.69 Å². The van der Waals surface area contributed by atoms with Crippen LogP contribution >= 0.6 is 11.3 Å². The van der Waals surface area contributed by atoms with Crippen molar-refractivity contribution in [2.45, 2.75) is 13.5 Å². The van der Waals surface area contributed by atoms with Crippen LogP contribution in [-0.4, -0.2) is 46.9 Å². The molecule has 4 aromatic rings. The van der Waals surface area contributed by atoms with E-state index in [1.165, 1.54) is 11.3 Å². The summed E-state index contributed by atoms with van der Waals surface area (Å²) >= 11 is 1.27. The minimum atomic E-state index is -0.476. The molecule has 2 heterocycles. The van der Waals surface area contributed by atoms with Gasteiger partial charge in [0, 0.05) is 4.88 Å². The number of nitrogens with zero attached hydrogens (tertiary/aromatic N) is 2. The second kappa shape index (κ2) is 10.4. The monoisotopic (exact) mass is 476 g/mol. The van der Waals surface area contributed by atoms with Gasteiger partial charge >= 0.3 is 5.97 Å². The quantitative estimate of drug-likeness (QED) is 0.374. The zero-order valence-electron chi connectivity index (χ0n) is 18.8. The maximum atomic E-state index is 12.8. The van der Waals surface area contributed by atoms with Gasteiger partial charge in [-0.1, -0.05) is 42.5 Å². The van der Waals surface area contributed by atoms with Gasteiger partial charge in [0.1, 0.15) is 10.7 Å². The van der Waals surface area contributed by atoms with Gasteiger partial charge in [-0.2, -0.15) is 0 Å². The zero-order valence-corrected chi connectivity index (χ0v) is 19.6. The summed E-state index contributed by atoms with van der Waals surface area (Å²) < 4.78 is 5.17. The van der Waals surface area contributed by atoms with Crippen LogP contribution in [0.3, 0.4) is 0 Å². The molecule has 0 atom stereocenters. The molecule has 0 aliphatic carbocycles. The Morgan fingerprint density at radius 1 is 1.12 bits per heavy atom. The number of aromatic nitrogens is 2. The van der Waals surface area contributed by atoms with Gasteiger partial charge in [0.2, 0.25) is 5.91 Å². The molecule has 9 heteroatoms. The van der Waals surface area contributed by atoms with E-state index in [0.29, 0.717) is 27.3 Å². The Labute approximate surface area is 200 Å². The Morgan fingerprint density at radius 2 is 1.85 bits per heavy atom. The molecule has 0 fully saturated rings. The average molecular weight is 477 g/mol. The van der Waals surface area contributed by atoms with E-state index in [9.17, 15) is 14.4 Å². The lowest BCUT2D eigenvalue weighted by atomic mass is 10.2. The van der Waals surface area contributed by atoms with Gasteiger partial charge in [-0.15, -0.1) is 11.3 Å². The number of anilines is 1. The number of fused-ring (bicyclic) bond motifs is 1. The molecule has 1 amide bonds. The van der Waals surface area contributed by atoms with E-state index in [1.54, 1.807) is 43.1 Å². The smallest absolute Gasteiger partial charge is 0.350 e. The van der Waals surface area contributed by atoms with Crippen molar-refractivity contribution in [2.24, 2.45) is 0 Å². The van der Waals surface area contributed by atoms with Crippen LogP contribution in [0, 0.1) is 0 Å². The molecule has 0 radical (unpaired) electrons. The number of ether oxygens (including phenoxy) is 1. The largest absolute Gasteiger partial charge is 0.462 e. The van der Waals surface area contributed by atoms with Crippen LogP contribution in [0.25, 0.3) is 21.3 Å².